The van der Waals surface area contributed by atoms with E-state index in [0.717, 1.165) is 11.3 Å². The minimum atomic E-state index is -0.697. The Bertz CT molecular complexity index is 602. The molecule has 9 heteroatoms. The number of para-hydroxylation sites is 1. The van der Waals surface area contributed by atoms with Gasteiger partial charge >= 0.3 is 5.69 Å². The zero-order valence-electron chi connectivity index (χ0n) is 8.66. The Hall–Kier alpha value is -2.06. The minimum Gasteiger partial charge on any atom is -0.296 e. The third-order valence-corrected chi connectivity index (χ3v) is 2.91. The normalized spacial score (nSPS) is 10.1. The molecular formula is C9H5ClN4O3S. The molecule has 1 aromatic carbocycles. The van der Waals surface area contributed by atoms with E-state index in [4.69, 9.17) is 11.6 Å². The van der Waals surface area contributed by atoms with Gasteiger partial charge in [-0.1, -0.05) is 29.0 Å². The lowest BCUT2D eigenvalue weighted by Crippen LogP contribution is -2.14. The quantitative estimate of drug-likeness (QED) is 0.689. The van der Waals surface area contributed by atoms with Crippen LogP contribution in [0.4, 0.5) is 10.8 Å². The van der Waals surface area contributed by atoms with Gasteiger partial charge in [0.05, 0.1) is 4.92 Å². The summed E-state index contributed by atoms with van der Waals surface area (Å²) in [7, 11) is 0. The van der Waals surface area contributed by atoms with E-state index in [1.807, 2.05) is 0 Å². The molecule has 0 atom stereocenters. The average Bonchev–Trinajstić information content (AvgIpc) is 2.80. The van der Waals surface area contributed by atoms with Crippen LogP contribution in [0.3, 0.4) is 0 Å². The van der Waals surface area contributed by atoms with Crippen LogP contribution in [0.1, 0.15) is 10.4 Å². The second kappa shape index (κ2) is 5.07. The third kappa shape index (κ3) is 2.44. The van der Waals surface area contributed by atoms with Gasteiger partial charge in [0.2, 0.25) is 5.13 Å². The molecule has 1 N–H and O–H groups in total. The molecule has 0 radical (unpaired) electrons. The lowest BCUT2D eigenvalue weighted by Gasteiger charge is -2.03. The van der Waals surface area contributed by atoms with Gasteiger partial charge in [-0.05, 0) is 12.1 Å². The number of carbonyl (C=O) groups is 1. The number of halogens is 1. The van der Waals surface area contributed by atoms with E-state index in [9.17, 15) is 14.9 Å². The van der Waals surface area contributed by atoms with E-state index >= 15 is 0 Å². The molecule has 2 aromatic rings. The maximum Gasteiger partial charge on any atom is 0.300 e. The van der Waals surface area contributed by atoms with E-state index in [0.29, 0.717) is 0 Å². The number of benzene rings is 1. The van der Waals surface area contributed by atoms with Crippen LogP contribution in [-0.2, 0) is 0 Å². The van der Waals surface area contributed by atoms with Gasteiger partial charge in [-0.2, -0.15) is 0 Å². The predicted molar refractivity (Wildman–Crippen MR) is 66.0 cm³/mol. The molecule has 0 saturated carbocycles. The molecular weight excluding hydrogens is 280 g/mol. The molecule has 0 aliphatic rings. The summed E-state index contributed by atoms with van der Waals surface area (Å²) >= 11 is 6.81. The SMILES string of the molecule is O=C(Nc1nncs1)c1cccc(Cl)c1[N+](=O)[O-]. The fourth-order valence-corrected chi connectivity index (χ4v) is 1.96. The highest BCUT2D eigenvalue weighted by atomic mass is 35.5. The molecule has 92 valence electrons. The highest BCUT2D eigenvalue weighted by molar-refractivity contribution is 7.13. The summed E-state index contributed by atoms with van der Waals surface area (Å²) in [6, 6.07) is 4.13. The Morgan fingerprint density at radius 3 is 2.89 bits per heavy atom. The first kappa shape index (κ1) is 12.4. The Balaban J connectivity index is 2.36. The zero-order chi connectivity index (χ0) is 13.1. The van der Waals surface area contributed by atoms with Crippen LogP contribution in [0.2, 0.25) is 5.02 Å². The predicted octanol–water partition coefficient (Wildman–Crippen LogP) is 2.35. The molecule has 7 nitrogen and oxygen atoms in total. The Morgan fingerprint density at radius 2 is 2.28 bits per heavy atom. The van der Waals surface area contributed by atoms with Crippen molar-refractivity contribution in [3.8, 4) is 0 Å². The van der Waals surface area contributed by atoms with Gasteiger partial charge in [0.25, 0.3) is 5.91 Å². The van der Waals surface area contributed by atoms with Crippen LogP contribution in [0.15, 0.2) is 23.7 Å². The van der Waals surface area contributed by atoms with Gasteiger partial charge in [0.1, 0.15) is 16.1 Å². The Labute approximate surface area is 110 Å². The van der Waals surface area contributed by atoms with E-state index in [2.05, 4.69) is 15.5 Å². The van der Waals surface area contributed by atoms with E-state index in [-0.39, 0.29) is 15.7 Å². The minimum absolute atomic E-state index is 0.0927. The van der Waals surface area contributed by atoms with Crippen molar-refractivity contribution in [2.24, 2.45) is 0 Å². The van der Waals surface area contributed by atoms with E-state index in [1.165, 1.54) is 23.7 Å². The van der Waals surface area contributed by atoms with Crippen molar-refractivity contribution >= 4 is 39.7 Å². The second-order valence-corrected chi connectivity index (χ2v) is 4.33. The lowest BCUT2D eigenvalue weighted by molar-refractivity contribution is -0.385. The Kier molecular flexibility index (Phi) is 3.49. The second-order valence-electron chi connectivity index (χ2n) is 3.09. The molecule has 0 fully saturated rings. The highest BCUT2D eigenvalue weighted by Gasteiger charge is 2.23. The molecule has 18 heavy (non-hydrogen) atoms. The zero-order valence-corrected chi connectivity index (χ0v) is 10.2. The van der Waals surface area contributed by atoms with Gasteiger partial charge in [-0.15, -0.1) is 10.2 Å². The molecule has 1 heterocycles. The fourth-order valence-electron chi connectivity index (χ4n) is 1.28. The summed E-state index contributed by atoms with van der Waals surface area (Å²) in [6.45, 7) is 0. The number of hydrogen-bond donors (Lipinski definition) is 1. The first-order valence-corrected chi connectivity index (χ1v) is 5.86. The molecule has 2 rings (SSSR count). The van der Waals surface area contributed by atoms with E-state index in [1.54, 1.807) is 0 Å². The maximum absolute atomic E-state index is 11.9. The van der Waals surface area contributed by atoms with Crippen LogP contribution in [-0.4, -0.2) is 21.0 Å². The smallest absolute Gasteiger partial charge is 0.296 e. The van der Waals surface area contributed by atoms with Crippen molar-refractivity contribution in [3.63, 3.8) is 0 Å². The number of rotatable bonds is 3. The average molecular weight is 285 g/mol. The number of aromatic nitrogens is 2. The standard InChI is InChI=1S/C9H5ClN4O3S/c10-6-3-1-2-5(7(6)14(16)17)8(15)12-9-13-11-4-18-9/h1-4H,(H,12,13,15). The summed E-state index contributed by atoms with van der Waals surface area (Å²) in [4.78, 5) is 22.0. The van der Waals surface area contributed by atoms with Crippen molar-refractivity contribution in [2.75, 3.05) is 5.32 Å². The monoisotopic (exact) mass is 284 g/mol. The van der Waals surface area contributed by atoms with E-state index < -0.39 is 16.5 Å². The van der Waals surface area contributed by atoms with Crippen molar-refractivity contribution in [2.45, 2.75) is 0 Å². The van der Waals surface area contributed by atoms with Gasteiger partial charge in [-0.25, -0.2) is 0 Å². The molecule has 0 unspecified atom stereocenters. The summed E-state index contributed by atoms with van der Waals surface area (Å²) in [6.07, 6.45) is 0. The summed E-state index contributed by atoms with van der Waals surface area (Å²) in [5.74, 6) is -0.652. The van der Waals surface area contributed by atoms with Crippen LogP contribution < -0.4 is 5.32 Å². The van der Waals surface area contributed by atoms with Crippen LogP contribution in [0, 0.1) is 10.1 Å². The van der Waals surface area contributed by atoms with Crippen molar-refractivity contribution in [3.05, 3.63) is 44.4 Å². The van der Waals surface area contributed by atoms with Crippen LogP contribution >= 0.6 is 22.9 Å². The third-order valence-electron chi connectivity index (χ3n) is 1.99. The van der Waals surface area contributed by atoms with Crippen molar-refractivity contribution < 1.29 is 9.72 Å². The number of nitrogens with one attached hydrogen (secondary N) is 1. The molecule has 0 saturated heterocycles. The number of hydrogen-bond acceptors (Lipinski definition) is 6. The largest absolute Gasteiger partial charge is 0.300 e. The number of nitro groups is 1. The molecule has 0 aliphatic heterocycles. The number of nitro benzene ring substituents is 1. The number of nitrogens with zero attached hydrogens (tertiary/aromatic N) is 3. The molecule has 1 aromatic heterocycles. The first-order valence-electron chi connectivity index (χ1n) is 4.60. The van der Waals surface area contributed by atoms with Crippen molar-refractivity contribution in [1.82, 2.24) is 10.2 Å². The molecule has 0 aliphatic carbocycles. The molecule has 0 spiro atoms. The maximum atomic E-state index is 11.9. The van der Waals surface area contributed by atoms with Gasteiger partial charge in [-0.3, -0.25) is 20.2 Å². The van der Waals surface area contributed by atoms with Crippen LogP contribution in [0.5, 0.6) is 0 Å². The Morgan fingerprint density at radius 1 is 1.50 bits per heavy atom. The first-order chi connectivity index (χ1) is 8.59. The summed E-state index contributed by atoms with van der Waals surface area (Å²) in [5.41, 5.74) is 0.881. The topological polar surface area (TPSA) is 98.0 Å². The number of carbonyl (C=O) groups excluding carboxylic acids is 1. The number of anilines is 1. The highest BCUT2D eigenvalue weighted by Crippen LogP contribution is 2.28. The lowest BCUT2D eigenvalue weighted by atomic mass is 10.1. The summed E-state index contributed by atoms with van der Waals surface area (Å²) in [5, 5.41) is 20.6. The van der Waals surface area contributed by atoms with Gasteiger partial charge in [0.15, 0.2) is 0 Å². The molecule has 0 bridgehead atoms. The van der Waals surface area contributed by atoms with Gasteiger partial charge < -0.3 is 0 Å². The van der Waals surface area contributed by atoms with Crippen molar-refractivity contribution in [1.29, 1.82) is 0 Å². The fraction of sp³-hybridized carbons (Fsp3) is 0. The van der Waals surface area contributed by atoms with Crippen LogP contribution in [0.25, 0.3) is 0 Å². The molecule has 1 amide bonds. The van der Waals surface area contributed by atoms with Gasteiger partial charge in [0, 0.05) is 0 Å². The summed E-state index contributed by atoms with van der Waals surface area (Å²) < 4.78 is 0. The number of amides is 1.